The molecule has 1 aromatic rings. The molecule has 0 spiro atoms. The number of ether oxygens (including phenoxy) is 2. The van der Waals surface area contributed by atoms with Gasteiger partial charge in [-0.2, -0.15) is 0 Å². The summed E-state index contributed by atoms with van der Waals surface area (Å²) >= 11 is 0. The molecule has 0 aliphatic carbocycles. The molecule has 120 valence electrons. The van der Waals surface area contributed by atoms with Gasteiger partial charge in [-0.3, -0.25) is 4.90 Å². The van der Waals surface area contributed by atoms with Gasteiger partial charge >= 0.3 is 6.09 Å². The van der Waals surface area contributed by atoms with Crippen LogP contribution in [-0.4, -0.2) is 42.6 Å². The molecule has 2 unspecified atom stereocenters. The maximum atomic E-state index is 12.2. The number of methoxy groups -OCH3 is 1. The van der Waals surface area contributed by atoms with E-state index in [2.05, 4.69) is 0 Å². The molecule has 1 aromatic carbocycles. The van der Waals surface area contributed by atoms with Gasteiger partial charge in [0, 0.05) is 12.5 Å². The van der Waals surface area contributed by atoms with Crippen molar-refractivity contribution in [2.24, 2.45) is 0 Å². The fourth-order valence-corrected chi connectivity index (χ4v) is 2.73. The first kappa shape index (κ1) is 16.3. The normalized spacial score (nSPS) is 21.5. The van der Waals surface area contributed by atoms with E-state index in [1.165, 1.54) is 4.90 Å². The first-order valence-electron chi connectivity index (χ1n) is 7.44. The van der Waals surface area contributed by atoms with Crippen LogP contribution in [0, 0.1) is 0 Å². The van der Waals surface area contributed by atoms with Gasteiger partial charge in [0.25, 0.3) is 0 Å². The monoisotopic (exact) mass is 305 g/mol. The number of amides is 1. The molecule has 2 atom stereocenters. The zero-order valence-electron chi connectivity index (χ0n) is 13.5. The van der Waals surface area contributed by atoms with Crippen molar-refractivity contribution in [1.29, 1.82) is 0 Å². The minimum atomic E-state index is -0.567. The molecule has 1 amide bonds. The Bertz CT molecular complexity index is 533. The van der Waals surface area contributed by atoms with Crippen LogP contribution in [0.1, 0.15) is 38.7 Å². The average Bonchev–Trinajstić information content (AvgIpc) is 2.89. The lowest BCUT2D eigenvalue weighted by molar-refractivity contribution is -0.112. The molecular formula is C17H23NO4. The van der Waals surface area contributed by atoms with Crippen LogP contribution in [0.15, 0.2) is 24.3 Å². The summed E-state index contributed by atoms with van der Waals surface area (Å²) in [5.74, 6) is 0.768. The number of hydrogen-bond acceptors (Lipinski definition) is 4. The van der Waals surface area contributed by atoms with E-state index in [0.29, 0.717) is 6.54 Å². The second-order valence-electron chi connectivity index (χ2n) is 6.47. The summed E-state index contributed by atoms with van der Waals surface area (Å²) in [6, 6.07) is 7.14. The predicted molar refractivity (Wildman–Crippen MR) is 83.1 cm³/mol. The maximum Gasteiger partial charge on any atom is 0.410 e. The standard InChI is InChI=1S/C17H23NO4/c1-17(2,3)22-16(20)18-10-9-14(15(18)11-19)12-5-7-13(21-4)8-6-12/h5-8,11,14-15H,9-10H2,1-4H3. The Morgan fingerprint density at radius 1 is 1.27 bits per heavy atom. The van der Waals surface area contributed by atoms with E-state index in [-0.39, 0.29) is 5.92 Å². The molecule has 1 aliphatic rings. The third-order valence-corrected chi connectivity index (χ3v) is 3.76. The van der Waals surface area contributed by atoms with Gasteiger partial charge in [0.2, 0.25) is 0 Å². The maximum absolute atomic E-state index is 12.2. The highest BCUT2D eigenvalue weighted by Crippen LogP contribution is 2.34. The smallest absolute Gasteiger partial charge is 0.410 e. The highest BCUT2D eigenvalue weighted by atomic mass is 16.6. The number of benzene rings is 1. The van der Waals surface area contributed by atoms with E-state index in [0.717, 1.165) is 24.0 Å². The van der Waals surface area contributed by atoms with Crippen molar-refractivity contribution in [1.82, 2.24) is 4.90 Å². The van der Waals surface area contributed by atoms with Crippen molar-refractivity contribution in [3.63, 3.8) is 0 Å². The molecular weight excluding hydrogens is 282 g/mol. The first-order chi connectivity index (χ1) is 10.4. The molecule has 22 heavy (non-hydrogen) atoms. The summed E-state index contributed by atoms with van der Waals surface area (Å²) in [5.41, 5.74) is 0.465. The molecule has 2 rings (SSSR count). The van der Waals surface area contributed by atoms with E-state index in [1.807, 2.05) is 45.0 Å². The molecule has 1 saturated heterocycles. The Hall–Kier alpha value is -2.04. The van der Waals surface area contributed by atoms with Crippen LogP contribution < -0.4 is 4.74 Å². The van der Waals surface area contributed by atoms with Gasteiger partial charge in [0.15, 0.2) is 0 Å². The average molecular weight is 305 g/mol. The molecule has 1 aliphatic heterocycles. The predicted octanol–water partition coefficient (Wildman–Crippen LogP) is 2.99. The molecule has 0 N–H and O–H groups in total. The zero-order valence-corrected chi connectivity index (χ0v) is 13.5. The fourth-order valence-electron chi connectivity index (χ4n) is 2.73. The van der Waals surface area contributed by atoms with Crippen LogP contribution in [-0.2, 0) is 9.53 Å². The van der Waals surface area contributed by atoms with E-state index < -0.39 is 17.7 Å². The number of carbonyl (C=O) groups is 2. The van der Waals surface area contributed by atoms with Gasteiger partial charge in [-0.1, -0.05) is 12.1 Å². The van der Waals surface area contributed by atoms with Crippen LogP contribution in [0.2, 0.25) is 0 Å². The van der Waals surface area contributed by atoms with Crippen molar-refractivity contribution in [2.45, 2.75) is 44.8 Å². The minimum absolute atomic E-state index is 0.00377. The zero-order chi connectivity index (χ0) is 16.3. The summed E-state index contributed by atoms with van der Waals surface area (Å²) in [6.45, 7) is 5.97. The lowest BCUT2D eigenvalue weighted by Crippen LogP contribution is -2.41. The number of nitrogens with zero attached hydrogens (tertiary/aromatic N) is 1. The van der Waals surface area contributed by atoms with E-state index >= 15 is 0 Å². The van der Waals surface area contributed by atoms with Crippen LogP contribution in [0.5, 0.6) is 5.75 Å². The quantitative estimate of drug-likeness (QED) is 0.806. The van der Waals surface area contributed by atoms with Crippen molar-refractivity contribution >= 4 is 12.4 Å². The third-order valence-electron chi connectivity index (χ3n) is 3.76. The van der Waals surface area contributed by atoms with Gasteiger partial charge in [-0.25, -0.2) is 4.79 Å². The van der Waals surface area contributed by atoms with Gasteiger partial charge in [-0.15, -0.1) is 0 Å². The topological polar surface area (TPSA) is 55.8 Å². The number of likely N-dealkylation sites (tertiary alicyclic amines) is 1. The Morgan fingerprint density at radius 2 is 1.91 bits per heavy atom. The second kappa shape index (κ2) is 6.38. The van der Waals surface area contributed by atoms with Crippen molar-refractivity contribution < 1.29 is 19.1 Å². The van der Waals surface area contributed by atoms with Crippen molar-refractivity contribution in [3.05, 3.63) is 29.8 Å². The second-order valence-corrected chi connectivity index (χ2v) is 6.47. The Morgan fingerprint density at radius 3 is 2.41 bits per heavy atom. The molecule has 0 aromatic heterocycles. The molecule has 0 bridgehead atoms. The van der Waals surface area contributed by atoms with Crippen LogP contribution in [0.4, 0.5) is 4.79 Å². The summed E-state index contributed by atoms with van der Waals surface area (Å²) in [5, 5.41) is 0. The van der Waals surface area contributed by atoms with E-state index in [9.17, 15) is 9.59 Å². The molecule has 0 saturated carbocycles. The van der Waals surface area contributed by atoms with E-state index in [4.69, 9.17) is 9.47 Å². The SMILES string of the molecule is COc1ccc(C2CCN(C(=O)OC(C)(C)C)C2C=O)cc1. The van der Waals surface area contributed by atoms with Gasteiger partial charge < -0.3 is 14.3 Å². The summed E-state index contributed by atoms with van der Waals surface area (Å²) in [7, 11) is 1.61. The van der Waals surface area contributed by atoms with E-state index in [1.54, 1.807) is 7.11 Å². The lowest BCUT2D eigenvalue weighted by atomic mass is 9.92. The molecule has 5 heteroatoms. The summed E-state index contributed by atoms with van der Waals surface area (Å²) in [6.07, 6.45) is 1.15. The van der Waals surface area contributed by atoms with Gasteiger partial charge in [0.05, 0.1) is 13.2 Å². The Labute approximate surface area is 131 Å². The summed E-state index contributed by atoms with van der Waals surface area (Å²) < 4.78 is 10.5. The fraction of sp³-hybridized carbons (Fsp3) is 0.529. The Kier molecular flexibility index (Phi) is 4.74. The van der Waals surface area contributed by atoms with Crippen LogP contribution in [0.3, 0.4) is 0 Å². The lowest BCUT2D eigenvalue weighted by Gasteiger charge is -2.27. The summed E-state index contributed by atoms with van der Waals surface area (Å²) in [4.78, 5) is 25.3. The number of carbonyl (C=O) groups excluding carboxylic acids is 2. The number of hydrogen-bond donors (Lipinski definition) is 0. The van der Waals surface area contributed by atoms with Crippen LogP contribution in [0.25, 0.3) is 0 Å². The minimum Gasteiger partial charge on any atom is -0.497 e. The largest absolute Gasteiger partial charge is 0.497 e. The molecule has 5 nitrogen and oxygen atoms in total. The van der Waals surface area contributed by atoms with Gasteiger partial charge in [-0.05, 0) is 44.9 Å². The molecule has 1 fully saturated rings. The van der Waals surface area contributed by atoms with Crippen molar-refractivity contribution in [2.75, 3.05) is 13.7 Å². The molecule has 1 heterocycles. The van der Waals surface area contributed by atoms with Gasteiger partial charge in [0.1, 0.15) is 17.6 Å². The highest BCUT2D eigenvalue weighted by molar-refractivity contribution is 5.75. The Balaban J connectivity index is 2.15. The number of rotatable bonds is 3. The number of aldehydes is 1. The highest BCUT2D eigenvalue weighted by Gasteiger charge is 2.39. The third kappa shape index (κ3) is 3.59. The van der Waals surface area contributed by atoms with Crippen LogP contribution >= 0.6 is 0 Å². The molecule has 0 radical (unpaired) electrons. The van der Waals surface area contributed by atoms with Crippen molar-refractivity contribution in [3.8, 4) is 5.75 Å². The first-order valence-corrected chi connectivity index (χ1v) is 7.44.